The van der Waals surface area contributed by atoms with Gasteiger partial charge in [0.1, 0.15) is 6.54 Å². The van der Waals surface area contributed by atoms with Gasteiger partial charge in [-0.3, -0.25) is 9.48 Å². The summed E-state index contributed by atoms with van der Waals surface area (Å²) in [5, 5.41) is 6.67. The highest BCUT2D eigenvalue weighted by Gasteiger charge is 2.42. The zero-order valence-corrected chi connectivity index (χ0v) is 14.4. The Morgan fingerprint density at radius 1 is 1.32 bits per heavy atom. The molecule has 3 saturated carbocycles. The zero-order chi connectivity index (χ0) is 17.8. The first kappa shape index (κ1) is 16.9. The number of fused-ring (bicyclic) bond motifs is 2. The van der Waals surface area contributed by atoms with Crippen LogP contribution in [0.5, 0.6) is 0 Å². The molecule has 0 spiro atoms. The molecule has 4 rings (SSSR count). The van der Waals surface area contributed by atoms with E-state index in [9.17, 15) is 18.0 Å². The molecule has 1 aromatic heterocycles. The molecule has 0 radical (unpaired) electrons. The van der Waals surface area contributed by atoms with E-state index in [0.717, 1.165) is 24.8 Å². The molecule has 0 unspecified atom stereocenters. The number of carbonyl (C=O) groups is 1. The lowest BCUT2D eigenvalue weighted by Gasteiger charge is -2.28. The van der Waals surface area contributed by atoms with Crippen molar-refractivity contribution in [3.05, 3.63) is 17.5 Å². The van der Waals surface area contributed by atoms with E-state index < -0.39 is 11.9 Å². The van der Waals surface area contributed by atoms with Crippen molar-refractivity contribution in [1.82, 2.24) is 15.1 Å². The summed E-state index contributed by atoms with van der Waals surface area (Å²) in [5.41, 5.74) is -0.363. The fourth-order valence-corrected chi connectivity index (χ4v) is 4.85. The van der Waals surface area contributed by atoms with Gasteiger partial charge in [-0.05, 0) is 62.8 Å². The van der Waals surface area contributed by atoms with Gasteiger partial charge in [-0.1, -0.05) is 6.42 Å². The van der Waals surface area contributed by atoms with Gasteiger partial charge < -0.3 is 5.32 Å². The molecule has 25 heavy (non-hydrogen) atoms. The number of alkyl halides is 3. The summed E-state index contributed by atoms with van der Waals surface area (Å²) in [4.78, 5) is 12.4. The molecular weight excluding hydrogens is 331 g/mol. The summed E-state index contributed by atoms with van der Waals surface area (Å²) < 4.78 is 40.0. The van der Waals surface area contributed by atoms with Crippen molar-refractivity contribution in [2.75, 3.05) is 0 Å². The predicted octanol–water partition coefficient (Wildman–Crippen LogP) is 3.72. The van der Waals surface area contributed by atoms with Crippen LogP contribution in [0.4, 0.5) is 13.2 Å². The summed E-state index contributed by atoms with van der Waals surface area (Å²) in [6.45, 7) is 1.89. The lowest BCUT2D eigenvalue weighted by atomic mass is 9.84. The number of carbonyl (C=O) groups excluding carboxylic acids is 1. The van der Waals surface area contributed by atoms with Gasteiger partial charge in [0, 0.05) is 17.7 Å². The average Bonchev–Trinajstić information content (AvgIpc) is 2.96. The largest absolute Gasteiger partial charge is 0.435 e. The maximum absolute atomic E-state index is 12.9. The maximum Gasteiger partial charge on any atom is 0.435 e. The molecule has 1 N–H and O–H groups in total. The van der Waals surface area contributed by atoms with Gasteiger partial charge in [-0.2, -0.15) is 18.3 Å². The first-order valence-electron chi connectivity index (χ1n) is 9.25. The SMILES string of the molecule is C[C@H](NC(=O)Cn1nc(C(F)(F)F)cc1C1CC1)[C@H]1C[C@H]2CC[C@H]1C2. The van der Waals surface area contributed by atoms with Crippen molar-refractivity contribution in [3.8, 4) is 0 Å². The van der Waals surface area contributed by atoms with E-state index in [1.165, 1.54) is 30.4 Å². The van der Waals surface area contributed by atoms with E-state index in [4.69, 9.17) is 0 Å². The van der Waals surface area contributed by atoms with Gasteiger partial charge in [0.25, 0.3) is 0 Å². The third kappa shape index (κ3) is 3.42. The Balaban J connectivity index is 1.41. The number of halogens is 3. The smallest absolute Gasteiger partial charge is 0.352 e. The van der Waals surface area contributed by atoms with E-state index >= 15 is 0 Å². The van der Waals surface area contributed by atoms with Crippen LogP contribution in [0, 0.1) is 17.8 Å². The van der Waals surface area contributed by atoms with E-state index in [1.807, 2.05) is 6.92 Å². The molecule has 7 heteroatoms. The van der Waals surface area contributed by atoms with Crippen molar-refractivity contribution in [3.63, 3.8) is 0 Å². The van der Waals surface area contributed by atoms with Gasteiger partial charge >= 0.3 is 6.18 Å². The molecule has 3 aliphatic rings. The van der Waals surface area contributed by atoms with Gasteiger partial charge in [0.2, 0.25) is 5.91 Å². The van der Waals surface area contributed by atoms with Crippen LogP contribution in [-0.4, -0.2) is 21.7 Å². The van der Waals surface area contributed by atoms with E-state index in [-0.39, 0.29) is 24.4 Å². The molecular formula is C18H24F3N3O. The molecule has 1 amide bonds. The summed E-state index contributed by atoms with van der Waals surface area (Å²) in [6.07, 6.45) is 2.25. The van der Waals surface area contributed by atoms with Gasteiger partial charge in [-0.25, -0.2) is 0 Å². The zero-order valence-electron chi connectivity index (χ0n) is 14.4. The molecule has 3 fully saturated rings. The van der Waals surface area contributed by atoms with Crippen molar-refractivity contribution in [2.45, 2.75) is 70.1 Å². The van der Waals surface area contributed by atoms with Gasteiger partial charge in [-0.15, -0.1) is 0 Å². The fraction of sp³-hybridized carbons (Fsp3) is 0.778. The number of hydrogen-bond acceptors (Lipinski definition) is 2. The molecule has 4 atom stereocenters. The molecule has 0 saturated heterocycles. The van der Waals surface area contributed by atoms with Crippen molar-refractivity contribution in [2.24, 2.45) is 17.8 Å². The van der Waals surface area contributed by atoms with E-state index in [0.29, 0.717) is 17.5 Å². The third-order valence-corrected chi connectivity index (χ3v) is 6.21. The van der Waals surface area contributed by atoms with Crippen LogP contribution in [0.1, 0.15) is 62.8 Å². The number of hydrogen-bond donors (Lipinski definition) is 1. The molecule has 2 bridgehead atoms. The first-order chi connectivity index (χ1) is 11.8. The molecule has 3 aliphatic carbocycles. The minimum absolute atomic E-state index is 0.0739. The summed E-state index contributed by atoms with van der Waals surface area (Å²) in [5.74, 6) is 1.88. The normalized spacial score (nSPS) is 29.8. The lowest BCUT2D eigenvalue weighted by Crippen LogP contribution is -2.41. The van der Waals surface area contributed by atoms with Gasteiger partial charge in [0.05, 0.1) is 0 Å². The summed E-state index contributed by atoms with van der Waals surface area (Å²) in [7, 11) is 0. The Hall–Kier alpha value is -1.53. The van der Waals surface area contributed by atoms with Crippen LogP contribution in [0.3, 0.4) is 0 Å². The Morgan fingerprint density at radius 3 is 2.64 bits per heavy atom. The molecule has 1 aromatic rings. The first-order valence-corrected chi connectivity index (χ1v) is 9.25. The molecule has 1 heterocycles. The van der Waals surface area contributed by atoms with Crippen molar-refractivity contribution in [1.29, 1.82) is 0 Å². The summed E-state index contributed by atoms with van der Waals surface area (Å²) in [6, 6.07) is 1.18. The van der Waals surface area contributed by atoms with Crippen molar-refractivity contribution >= 4 is 5.91 Å². The Morgan fingerprint density at radius 2 is 2.08 bits per heavy atom. The van der Waals surface area contributed by atoms with Crippen molar-refractivity contribution < 1.29 is 18.0 Å². The molecule has 0 aliphatic heterocycles. The second-order valence-corrected chi connectivity index (χ2v) is 8.08. The Kier molecular flexibility index (Phi) is 4.07. The van der Waals surface area contributed by atoms with Crippen LogP contribution in [0.15, 0.2) is 6.07 Å². The minimum atomic E-state index is -4.47. The predicted molar refractivity (Wildman–Crippen MR) is 85.7 cm³/mol. The number of nitrogens with zero attached hydrogens (tertiary/aromatic N) is 2. The highest BCUT2D eigenvalue weighted by Crippen LogP contribution is 2.49. The average molecular weight is 355 g/mol. The van der Waals surface area contributed by atoms with Crippen LogP contribution in [0.2, 0.25) is 0 Å². The number of aromatic nitrogens is 2. The molecule has 4 nitrogen and oxygen atoms in total. The quantitative estimate of drug-likeness (QED) is 0.875. The topological polar surface area (TPSA) is 46.9 Å². The second kappa shape index (κ2) is 6.02. The van der Waals surface area contributed by atoms with Crippen LogP contribution >= 0.6 is 0 Å². The number of nitrogens with one attached hydrogen (secondary N) is 1. The number of amides is 1. The minimum Gasteiger partial charge on any atom is -0.352 e. The summed E-state index contributed by atoms with van der Waals surface area (Å²) >= 11 is 0. The molecule has 0 aromatic carbocycles. The third-order valence-electron chi connectivity index (χ3n) is 6.21. The monoisotopic (exact) mass is 355 g/mol. The number of rotatable bonds is 5. The highest BCUT2D eigenvalue weighted by molar-refractivity contribution is 5.76. The van der Waals surface area contributed by atoms with Crippen LogP contribution < -0.4 is 5.32 Å². The molecule has 138 valence electrons. The standard InChI is InChI=1S/C18H24F3N3O/c1-10(14-7-11-2-3-13(14)6-11)22-17(25)9-24-15(12-4-5-12)8-16(23-24)18(19,20)21/h8,10-14H,2-7,9H2,1H3,(H,22,25)/t10-,11-,13-,14+/m0/s1. The highest BCUT2D eigenvalue weighted by atomic mass is 19.4. The van der Waals surface area contributed by atoms with Crippen LogP contribution in [0.25, 0.3) is 0 Å². The van der Waals surface area contributed by atoms with Gasteiger partial charge in [0.15, 0.2) is 5.69 Å². The fourth-order valence-electron chi connectivity index (χ4n) is 4.85. The van der Waals surface area contributed by atoms with Crippen LogP contribution in [-0.2, 0) is 17.5 Å². The van der Waals surface area contributed by atoms with E-state index in [1.54, 1.807) is 0 Å². The Labute approximate surface area is 145 Å². The maximum atomic E-state index is 12.9. The Bertz CT molecular complexity index is 665. The lowest BCUT2D eigenvalue weighted by molar-refractivity contribution is -0.141. The second-order valence-electron chi connectivity index (χ2n) is 8.08. The van der Waals surface area contributed by atoms with E-state index in [2.05, 4.69) is 10.4 Å².